The molecule has 20 heavy (non-hydrogen) atoms. The predicted octanol–water partition coefficient (Wildman–Crippen LogP) is 2.00. The molecule has 0 bridgehead atoms. The number of carboxylic acid groups (broad SMARTS) is 1. The van der Waals surface area contributed by atoms with Gasteiger partial charge in [-0.2, -0.15) is 0 Å². The molecule has 0 aliphatic heterocycles. The quantitative estimate of drug-likeness (QED) is 0.933. The highest BCUT2D eigenvalue weighted by molar-refractivity contribution is 6.30. The summed E-state index contributed by atoms with van der Waals surface area (Å²) in [4.78, 5) is 11.2. The Morgan fingerprint density at radius 3 is 2.85 bits per heavy atom. The van der Waals surface area contributed by atoms with Crippen LogP contribution >= 0.6 is 11.6 Å². The molecule has 1 saturated carbocycles. The van der Waals surface area contributed by atoms with Crippen LogP contribution in [0.3, 0.4) is 0 Å². The van der Waals surface area contributed by atoms with Crippen LogP contribution in [0, 0.1) is 11.2 Å². The van der Waals surface area contributed by atoms with Gasteiger partial charge in [-0.05, 0) is 41.5 Å². The SMILES string of the molecule is O=C(O)C1(Cn2nnnc2-c2ccc(Cl)cc2F)CC1. The lowest BCUT2D eigenvalue weighted by Crippen LogP contribution is -2.22. The van der Waals surface area contributed by atoms with Crippen molar-refractivity contribution >= 4 is 17.6 Å². The minimum Gasteiger partial charge on any atom is -0.481 e. The number of hydrogen-bond donors (Lipinski definition) is 1. The molecule has 0 radical (unpaired) electrons. The summed E-state index contributed by atoms with van der Waals surface area (Å²) in [7, 11) is 0. The molecular weight excluding hydrogens is 287 g/mol. The van der Waals surface area contributed by atoms with Crippen molar-refractivity contribution in [2.24, 2.45) is 5.41 Å². The Kier molecular flexibility index (Phi) is 2.93. The summed E-state index contributed by atoms with van der Waals surface area (Å²) in [5, 5.41) is 20.5. The number of carbonyl (C=O) groups is 1. The van der Waals surface area contributed by atoms with Gasteiger partial charge in [-0.15, -0.1) is 5.10 Å². The normalized spacial score (nSPS) is 16.1. The third-order valence-corrected chi connectivity index (χ3v) is 3.70. The maximum Gasteiger partial charge on any atom is 0.311 e. The van der Waals surface area contributed by atoms with Gasteiger partial charge >= 0.3 is 5.97 Å². The Hall–Kier alpha value is -2.02. The van der Waals surface area contributed by atoms with Crippen LogP contribution in [-0.2, 0) is 11.3 Å². The zero-order chi connectivity index (χ0) is 14.3. The highest BCUT2D eigenvalue weighted by Crippen LogP contribution is 2.47. The van der Waals surface area contributed by atoms with Crippen molar-refractivity contribution in [2.45, 2.75) is 19.4 Å². The zero-order valence-corrected chi connectivity index (χ0v) is 11.0. The molecule has 1 aliphatic rings. The molecule has 2 aromatic rings. The number of benzene rings is 1. The first-order valence-corrected chi connectivity index (χ1v) is 6.35. The van der Waals surface area contributed by atoms with Crippen molar-refractivity contribution in [3.05, 3.63) is 29.0 Å². The van der Waals surface area contributed by atoms with Gasteiger partial charge < -0.3 is 5.11 Å². The van der Waals surface area contributed by atoms with E-state index < -0.39 is 17.2 Å². The van der Waals surface area contributed by atoms with Gasteiger partial charge in [0.1, 0.15) is 5.82 Å². The molecule has 0 amide bonds. The molecule has 0 unspecified atom stereocenters. The van der Waals surface area contributed by atoms with E-state index in [0.29, 0.717) is 12.8 Å². The number of carboxylic acids is 1. The van der Waals surface area contributed by atoms with E-state index in [0.717, 1.165) is 0 Å². The van der Waals surface area contributed by atoms with Crippen LogP contribution in [-0.4, -0.2) is 31.3 Å². The molecule has 3 rings (SSSR count). The average molecular weight is 297 g/mol. The van der Waals surface area contributed by atoms with E-state index in [1.807, 2.05) is 0 Å². The number of rotatable bonds is 4. The maximum absolute atomic E-state index is 13.9. The number of aromatic nitrogens is 4. The van der Waals surface area contributed by atoms with Crippen LogP contribution in [0.2, 0.25) is 5.02 Å². The molecule has 0 saturated heterocycles. The van der Waals surface area contributed by atoms with E-state index in [1.54, 1.807) is 0 Å². The lowest BCUT2D eigenvalue weighted by Gasteiger charge is -2.11. The van der Waals surface area contributed by atoms with Crippen molar-refractivity contribution in [3.8, 4) is 11.4 Å². The molecule has 0 atom stereocenters. The molecule has 1 heterocycles. The highest BCUT2D eigenvalue weighted by atomic mass is 35.5. The van der Waals surface area contributed by atoms with Crippen LogP contribution in [0.5, 0.6) is 0 Å². The molecule has 8 heteroatoms. The van der Waals surface area contributed by atoms with Crippen LogP contribution in [0.15, 0.2) is 18.2 Å². The Morgan fingerprint density at radius 1 is 1.50 bits per heavy atom. The van der Waals surface area contributed by atoms with Gasteiger partial charge in [0, 0.05) is 5.02 Å². The van der Waals surface area contributed by atoms with E-state index in [-0.39, 0.29) is 23.0 Å². The Balaban J connectivity index is 1.96. The molecule has 104 valence electrons. The lowest BCUT2D eigenvalue weighted by atomic mass is 10.1. The highest BCUT2D eigenvalue weighted by Gasteiger charge is 2.51. The monoisotopic (exact) mass is 296 g/mol. The third-order valence-electron chi connectivity index (χ3n) is 3.46. The summed E-state index contributed by atoms with van der Waals surface area (Å²) in [5.41, 5.74) is -0.631. The van der Waals surface area contributed by atoms with Crippen molar-refractivity contribution in [1.29, 1.82) is 0 Å². The molecule has 1 aromatic heterocycles. The van der Waals surface area contributed by atoms with Gasteiger partial charge in [0.05, 0.1) is 17.5 Å². The largest absolute Gasteiger partial charge is 0.481 e. The number of halogens is 2. The van der Waals surface area contributed by atoms with Crippen LogP contribution in [0.25, 0.3) is 11.4 Å². The first kappa shape index (κ1) is 13.0. The Morgan fingerprint density at radius 2 is 2.25 bits per heavy atom. The molecule has 1 aromatic carbocycles. The fourth-order valence-electron chi connectivity index (χ4n) is 2.05. The van der Waals surface area contributed by atoms with Gasteiger partial charge in [-0.1, -0.05) is 11.6 Å². The standard InChI is InChI=1S/C12H10ClFN4O2/c13-7-1-2-8(9(14)5-7)10-15-16-17-18(10)6-12(3-4-12)11(19)20/h1-2,5H,3-4,6H2,(H,19,20). The summed E-state index contributed by atoms with van der Waals surface area (Å²) < 4.78 is 15.2. The molecule has 0 spiro atoms. The maximum atomic E-state index is 13.9. The van der Waals surface area contributed by atoms with Crippen LogP contribution in [0.4, 0.5) is 4.39 Å². The topological polar surface area (TPSA) is 80.9 Å². The second-order valence-electron chi connectivity index (χ2n) is 4.87. The Bertz CT molecular complexity index is 684. The average Bonchev–Trinajstić information content (AvgIpc) is 3.03. The van der Waals surface area contributed by atoms with Crippen molar-refractivity contribution in [3.63, 3.8) is 0 Å². The number of aliphatic carboxylic acids is 1. The van der Waals surface area contributed by atoms with Gasteiger partial charge in [0.25, 0.3) is 0 Å². The van der Waals surface area contributed by atoms with Crippen molar-refractivity contribution in [1.82, 2.24) is 20.2 Å². The molecule has 1 fully saturated rings. The lowest BCUT2D eigenvalue weighted by molar-refractivity contribution is -0.144. The van der Waals surface area contributed by atoms with E-state index in [9.17, 15) is 14.3 Å². The zero-order valence-electron chi connectivity index (χ0n) is 10.3. The second-order valence-corrected chi connectivity index (χ2v) is 5.31. The molecule has 1 N–H and O–H groups in total. The van der Waals surface area contributed by atoms with E-state index >= 15 is 0 Å². The fourth-order valence-corrected chi connectivity index (χ4v) is 2.21. The molecule has 6 nitrogen and oxygen atoms in total. The van der Waals surface area contributed by atoms with Gasteiger partial charge in [-0.25, -0.2) is 9.07 Å². The summed E-state index contributed by atoms with van der Waals surface area (Å²) in [6.07, 6.45) is 1.15. The first-order chi connectivity index (χ1) is 9.52. The molecule has 1 aliphatic carbocycles. The van der Waals surface area contributed by atoms with E-state index in [2.05, 4.69) is 15.5 Å². The van der Waals surface area contributed by atoms with E-state index in [4.69, 9.17) is 11.6 Å². The first-order valence-electron chi connectivity index (χ1n) is 5.97. The van der Waals surface area contributed by atoms with Crippen LogP contribution in [0.1, 0.15) is 12.8 Å². The number of tetrazole rings is 1. The second kappa shape index (κ2) is 4.52. The minimum atomic E-state index is -0.879. The molecular formula is C12H10ClFN4O2. The Labute approximate surface area is 118 Å². The van der Waals surface area contributed by atoms with Gasteiger partial charge in [0.15, 0.2) is 5.82 Å². The third kappa shape index (κ3) is 2.14. The fraction of sp³-hybridized carbons (Fsp3) is 0.333. The van der Waals surface area contributed by atoms with E-state index in [1.165, 1.54) is 22.9 Å². The summed E-state index contributed by atoms with van der Waals surface area (Å²) in [5.74, 6) is -1.23. The van der Waals surface area contributed by atoms with Gasteiger partial charge in [0.2, 0.25) is 0 Å². The summed E-state index contributed by atoms with van der Waals surface area (Å²) in [6.45, 7) is 0.132. The summed E-state index contributed by atoms with van der Waals surface area (Å²) >= 11 is 5.70. The van der Waals surface area contributed by atoms with Gasteiger partial charge in [-0.3, -0.25) is 4.79 Å². The number of nitrogens with zero attached hydrogens (tertiary/aromatic N) is 4. The van der Waals surface area contributed by atoms with Crippen molar-refractivity contribution in [2.75, 3.05) is 0 Å². The predicted molar refractivity (Wildman–Crippen MR) is 67.5 cm³/mol. The smallest absolute Gasteiger partial charge is 0.311 e. The summed E-state index contributed by atoms with van der Waals surface area (Å²) in [6, 6.07) is 4.17. The minimum absolute atomic E-state index is 0.132. The number of hydrogen-bond acceptors (Lipinski definition) is 4. The van der Waals surface area contributed by atoms with Crippen molar-refractivity contribution < 1.29 is 14.3 Å². The van der Waals surface area contributed by atoms with Crippen LogP contribution < -0.4 is 0 Å².